The highest BCUT2D eigenvalue weighted by Crippen LogP contribution is 2.21. The number of aldehydes is 1. The van der Waals surface area contributed by atoms with Crippen LogP contribution in [0.1, 0.15) is 17.3 Å². The largest absolute Gasteiger partial charge is 0.326 e. The van der Waals surface area contributed by atoms with Crippen molar-refractivity contribution >= 4 is 33.6 Å². The Kier molecular flexibility index (Phi) is 4.57. The van der Waals surface area contributed by atoms with Gasteiger partial charge in [0.05, 0.1) is 10.6 Å². The molecule has 2 aromatic rings. The lowest BCUT2D eigenvalue weighted by Crippen LogP contribution is -2.15. The van der Waals surface area contributed by atoms with Gasteiger partial charge in [0.2, 0.25) is 5.91 Å². The first-order chi connectivity index (χ1) is 10.4. The molecular formula is C15H14N2O4S. The molecule has 6 nitrogen and oxygen atoms in total. The van der Waals surface area contributed by atoms with Gasteiger partial charge >= 0.3 is 0 Å². The lowest BCUT2D eigenvalue weighted by Gasteiger charge is -2.11. The standard InChI is InChI=1S/C15H14N2O4S/c1-11(19)16-13-6-4-7-14(9-13)22(20,21)17-15-8-3-2-5-12(15)10-18/h2-10,17H,1H3,(H,16,19). The van der Waals surface area contributed by atoms with E-state index in [1.165, 1.54) is 37.3 Å². The molecule has 0 spiro atoms. The molecule has 22 heavy (non-hydrogen) atoms. The van der Waals surface area contributed by atoms with Gasteiger partial charge in [-0.15, -0.1) is 0 Å². The molecule has 0 radical (unpaired) electrons. The smallest absolute Gasteiger partial charge is 0.261 e. The first-order valence-electron chi connectivity index (χ1n) is 6.37. The summed E-state index contributed by atoms with van der Waals surface area (Å²) < 4.78 is 27.1. The van der Waals surface area contributed by atoms with Crippen LogP contribution in [0.15, 0.2) is 53.4 Å². The van der Waals surface area contributed by atoms with E-state index in [0.717, 1.165) is 0 Å². The molecule has 7 heteroatoms. The van der Waals surface area contributed by atoms with E-state index in [9.17, 15) is 18.0 Å². The summed E-state index contributed by atoms with van der Waals surface area (Å²) in [6, 6.07) is 12.1. The summed E-state index contributed by atoms with van der Waals surface area (Å²) in [5, 5.41) is 2.52. The van der Waals surface area contributed by atoms with Gasteiger partial charge in [-0.2, -0.15) is 0 Å². The second kappa shape index (κ2) is 6.40. The van der Waals surface area contributed by atoms with Crippen LogP contribution >= 0.6 is 0 Å². The predicted molar refractivity (Wildman–Crippen MR) is 83.4 cm³/mol. The fourth-order valence-electron chi connectivity index (χ4n) is 1.84. The van der Waals surface area contributed by atoms with Crippen LogP contribution in [0.4, 0.5) is 11.4 Å². The van der Waals surface area contributed by atoms with Crippen LogP contribution in [0.25, 0.3) is 0 Å². The summed E-state index contributed by atoms with van der Waals surface area (Å²) in [7, 11) is -3.86. The number of nitrogens with one attached hydrogen (secondary N) is 2. The molecule has 114 valence electrons. The highest BCUT2D eigenvalue weighted by Gasteiger charge is 2.16. The number of carbonyl (C=O) groups excluding carboxylic acids is 2. The average Bonchev–Trinajstić information content (AvgIpc) is 2.47. The number of carbonyl (C=O) groups is 2. The number of anilines is 2. The maximum Gasteiger partial charge on any atom is 0.261 e. The van der Waals surface area contributed by atoms with Crippen LogP contribution in [0.3, 0.4) is 0 Å². The van der Waals surface area contributed by atoms with E-state index < -0.39 is 10.0 Å². The van der Waals surface area contributed by atoms with Crippen molar-refractivity contribution in [2.24, 2.45) is 0 Å². The van der Waals surface area contributed by atoms with Crippen molar-refractivity contribution in [1.29, 1.82) is 0 Å². The van der Waals surface area contributed by atoms with Gasteiger partial charge in [0.1, 0.15) is 0 Å². The Morgan fingerprint density at radius 2 is 1.82 bits per heavy atom. The molecule has 0 aromatic heterocycles. The highest BCUT2D eigenvalue weighted by molar-refractivity contribution is 7.92. The van der Waals surface area contributed by atoms with Crippen molar-refractivity contribution < 1.29 is 18.0 Å². The Hall–Kier alpha value is -2.67. The number of benzene rings is 2. The summed E-state index contributed by atoms with van der Waals surface area (Å²) in [5.41, 5.74) is 0.811. The molecule has 0 saturated heterocycles. The maximum atomic E-state index is 12.4. The zero-order valence-electron chi connectivity index (χ0n) is 11.7. The molecule has 0 bridgehead atoms. The lowest BCUT2D eigenvalue weighted by molar-refractivity contribution is -0.114. The van der Waals surface area contributed by atoms with Gasteiger partial charge in [0.15, 0.2) is 6.29 Å². The third kappa shape index (κ3) is 3.70. The Bertz CT molecular complexity index is 816. The SMILES string of the molecule is CC(=O)Nc1cccc(S(=O)(=O)Nc2ccccc2C=O)c1. The fraction of sp³-hybridized carbons (Fsp3) is 0.0667. The van der Waals surface area contributed by atoms with Gasteiger partial charge in [-0.3, -0.25) is 14.3 Å². The number of rotatable bonds is 5. The molecule has 0 aliphatic rings. The second-order valence-corrected chi connectivity index (χ2v) is 6.20. The number of para-hydroxylation sites is 1. The van der Waals surface area contributed by atoms with Crippen LogP contribution in [0.2, 0.25) is 0 Å². The van der Waals surface area contributed by atoms with Gasteiger partial charge in [-0.1, -0.05) is 18.2 Å². The first kappa shape index (κ1) is 15.7. The van der Waals surface area contributed by atoms with Gasteiger partial charge in [0.25, 0.3) is 10.0 Å². The predicted octanol–water partition coefficient (Wildman–Crippen LogP) is 2.26. The number of sulfonamides is 1. The van der Waals surface area contributed by atoms with Crippen molar-refractivity contribution in [3.05, 3.63) is 54.1 Å². The highest BCUT2D eigenvalue weighted by atomic mass is 32.2. The van der Waals surface area contributed by atoms with Gasteiger partial charge < -0.3 is 5.32 Å². The third-order valence-corrected chi connectivity index (χ3v) is 4.16. The van der Waals surface area contributed by atoms with Crippen molar-refractivity contribution in [2.75, 3.05) is 10.0 Å². The Labute approximate surface area is 128 Å². The van der Waals surface area contributed by atoms with E-state index in [4.69, 9.17) is 0 Å². The number of hydrogen-bond acceptors (Lipinski definition) is 4. The van der Waals surface area contributed by atoms with Crippen LogP contribution in [0.5, 0.6) is 0 Å². The lowest BCUT2D eigenvalue weighted by atomic mass is 10.2. The fourth-order valence-corrected chi connectivity index (χ4v) is 2.97. The summed E-state index contributed by atoms with van der Waals surface area (Å²) >= 11 is 0. The van der Waals surface area contributed by atoms with Crippen molar-refractivity contribution in [3.63, 3.8) is 0 Å². The normalized spacial score (nSPS) is 10.8. The van der Waals surface area contributed by atoms with Crippen molar-refractivity contribution in [1.82, 2.24) is 0 Å². The zero-order valence-corrected chi connectivity index (χ0v) is 12.6. The summed E-state index contributed by atoms with van der Waals surface area (Å²) in [6.45, 7) is 1.33. The molecule has 2 rings (SSSR count). The van der Waals surface area contributed by atoms with E-state index in [1.807, 2.05) is 0 Å². The zero-order chi connectivity index (χ0) is 16.2. The van der Waals surface area contributed by atoms with Gasteiger partial charge in [-0.05, 0) is 30.3 Å². The minimum absolute atomic E-state index is 0.0144. The number of hydrogen-bond donors (Lipinski definition) is 2. The third-order valence-electron chi connectivity index (χ3n) is 2.80. The van der Waals surface area contributed by atoms with Gasteiger partial charge in [0, 0.05) is 18.2 Å². The van der Waals surface area contributed by atoms with Crippen LogP contribution in [0, 0.1) is 0 Å². The molecule has 2 N–H and O–H groups in total. The van der Waals surface area contributed by atoms with E-state index in [2.05, 4.69) is 10.0 Å². The van der Waals surface area contributed by atoms with E-state index in [-0.39, 0.29) is 22.1 Å². The molecule has 0 aliphatic carbocycles. The Balaban J connectivity index is 2.34. The molecule has 0 atom stereocenters. The summed E-state index contributed by atoms with van der Waals surface area (Å²) in [5.74, 6) is -0.297. The van der Waals surface area contributed by atoms with Crippen LogP contribution in [-0.2, 0) is 14.8 Å². The Morgan fingerprint density at radius 1 is 1.09 bits per heavy atom. The second-order valence-electron chi connectivity index (χ2n) is 4.52. The molecule has 0 heterocycles. The van der Waals surface area contributed by atoms with Gasteiger partial charge in [-0.25, -0.2) is 8.42 Å². The minimum atomic E-state index is -3.86. The molecule has 2 aromatic carbocycles. The van der Waals surface area contributed by atoms with Crippen molar-refractivity contribution in [3.8, 4) is 0 Å². The molecule has 0 unspecified atom stereocenters. The average molecular weight is 318 g/mol. The molecule has 0 saturated carbocycles. The first-order valence-corrected chi connectivity index (χ1v) is 7.85. The van der Waals surface area contributed by atoms with Crippen LogP contribution < -0.4 is 10.0 Å². The molecular weight excluding hydrogens is 304 g/mol. The number of amides is 1. The summed E-state index contributed by atoms with van der Waals surface area (Å²) in [6.07, 6.45) is 0.575. The maximum absolute atomic E-state index is 12.4. The molecule has 1 amide bonds. The monoisotopic (exact) mass is 318 g/mol. The molecule has 0 aliphatic heterocycles. The van der Waals surface area contributed by atoms with E-state index in [1.54, 1.807) is 18.2 Å². The quantitative estimate of drug-likeness (QED) is 0.827. The van der Waals surface area contributed by atoms with E-state index >= 15 is 0 Å². The van der Waals surface area contributed by atoms with Crippen LogP contribution in [-0.4, -0.2) is 20.6 Å². The summed E-state index contributed by atoms with van der Waals surface area (Å²) in [4.78, 5) is 22.0. The molecule has 0 fully saturated rings. The Morgan fingerprint density at radius 3 is 2.50 bits per heavy atom. The van der Waals surface area contributed by atoms with Crippen molar-refractivity contribution in [2.45, 2.75) is 11.8 Å². The minimum Gasteiger partial charge on any atom is -0.326 e. The topological polar surface area (TPSA) is 92.3 Å². The van der Waals surface area contributed by atoms with E-state index in [0.29, 0.717) is 12.0 Å².